The molecule has 1 unspecified atom stereocenters. The average molecular weight is 478 g/mol. The van der Waals surface area contributed by atoms with Gasteiger partial charge in [0, 0.05) is 17.9 Å². The van der Waals surface area contributed by atoms with Crippen LogP contribution in [0.3, 0.4) is 0 Å². The number of thiazole rings is 1. The van der Waals surface area contributed by atoms with E-state index in [4.69, 9.17) is 13.9 Å². The highest BCUT2D eigenvalue weighted by molar-refractivity contribution is 7.89. The second-order valence-corrected chi connectivity index (χ2v) is 10.1. The lowest BCUT2D eigenvalue weighted by Gasteiger charge is -2.21. The number of fused-ring (bicyclic) bond motifs is 1. The van der Waals surface area contributed by atoms with Crippen LogP contribution < -0.4 is 19.5 Å². The van der Waals surface area contributed by atoms with E-state index in [1.54, 1.807) is 37.4 Å². The molecule has 1 aromatic carbocycles. The van der Waals surface area contributed by atoms with Gasteiger partial charge in [0.05, 0.1) is 24.4 Å². The number of nitrogens with one attached hydrogen (secondary N) is 2. The molecule has 1 aliphatic rings. The van der Waals surface area contributed by atoms with Gasteiger partial charge < -0.3 is 19.2 Å². The normalized spacial score (nSPS) is 14.7. The van der Waals surface area contributed by atoms with Gasteiger partial charge in [0.1, 0.15) is 11.7 Å². The first kappa shape index (κ1) is 22.3. The summed E-state index contributed by atoms with van der Waals surface area (Å²) in [5, 5.41) is 4.79. The van der Waals surface area contributed by atoms with E-state index in [1.807, 2.05) is 0 Å². The molecule has 0 aliphatic carbocycles. The molecular weight excluding hydrogens is 454 g/mol. The van der Waals surface area contributed by atoms with E-state index in [0.717, 1.165) is 0 Å². The van der Waals surface area contributed by atoms with Crippen molar-refractivity contribution in [2.45, 2.75) is 31.2 Å². The third-order valence-electron chi connectivity index (χ3n) is 4.77. The summed E-state index contributed by atoms with van der Waals surface area (Å²) in [6, 6.07) is 6.91. The molecule has 1 aliphatic heterocycles. The molecular formula is C21H23N3O6S2. The molecule has 0 saturated carbocycles. The summed E-state index contributed by atoms with van der Waals surface area (Å²) in [5.74, 6) is 0.630. The third kappa shape index (κ3) is 4.95. The van der Waals surface area contributed by atoms with Gasteiger partial charge in [-0.15, -0.1) is 11.3 Å². The Morgan fingerprint density at radius 3 is 2.66 bits per heavy atom. The van der Waals surface area contributed by atoms with Gasteiger partial charge in [-0.1, -0.05) is 13.8 Å². The molecule has 170 valence electrons. The molecule has 2 aromatic heterocycles. The highest BCUT2D eigenvalue weighted by Gasteiger charge is 2.30. The topological polar surface area (TPSA) is 120 Å². The number of benzene rings is 1. The lowest BCUT2D eigenvalue weighted by Crippen LogP contribution is -2.47. The van der Waals surface area contributed by atoms with E-state index in [2.05, 4.69) is 15.0 Å². The summed E-state index contributed by atoms with van der Waals surface area (Å²) in [7, 11) is -4.00. The third-order valence-corrected chi connectivity index (χ3v) is 6.96. The Hall–Kier alpha value is -2.89. The molecule has 0 radical (unpaired) electrons. The number of ether oxygens (including phenoxy) is 2. The number of carbonyl (C=O) groups excluding carboxylic acids is 1. The first-order chi connectivity index (χ1) is 15.3. The minimum absolute atomic E-state index is 0.00504. The lowest BCUT2D eigenvalue weighted by molar-refractivity contribution is -0.118. The maximum Gasteiger partial charge on any atom is 0.244 e. The average Bonchev–Trinajstić information content (AvgIpc) is 3.39. The fourth-order valence-corrected chi connectivity index (χ4v) is 5.15. The molecule has 11 heteroatoms. The van der Waals surface area contributed by atoms with Gasteiger partial charge in [-0.3, -0.25) is 4.79 Å². The highest BCUT2D eigenvalue weighted by Crippen LogP contribution is 2.32. The second-order valence-electron chi connectivity index (χ2n) is 7.51. The molecule has 0 fully saturated rings. The minimum Gasteiger partial charge on any atom is -0.490 e. The number of anilines is 1. The largest absolute Gasteiger partial charge is 0.490 e. The fraction of sp³-hybridized carbons (Fsp3) is 0.333. The van der Waals surface area contributed by atoms with Crippen molar-refractivity contribution in [3.05, 3.63) is 42.0 Å². The van der Waals surface area contributed by atoms with Crippen molar-refractivity contribution in [3.63, 3.8) is 0 Å². The maximum atomic E-state index is 13.0. The smallest absolute Gasteiger partial charge is 0.244 e. The number of rotatable bonds is 7. The summed E-state index contributed by atoms with van der Waals surface area (Å²) in [6.45, 7) is 4.47. The number of amides is 1. The van der Waals surface area contributed by atoms with Crippen molar-refractivity contribution < 1.29 is 27.1 Å². The van der Waals surface area contributed by atoms with Gasteiger partial charge in [-0.25, -0.2) is 13.4 Å². The van der Waals surface area contributed by atoms with Gasteiger partial charge in [0.15, 0.2) is 22.4 Å². The summed E-state index contributed by atoms with van der Waals surface area (Å²) >= 11 is 1.23. The number of carbonyl (C=O) groups is 1. The molecule has 32 heavy (non-hydrogen) atoms. The van der Waals surface area contributed by atoms with Crippen molar-refractivity contribution in [2.24, 2.45) is 5.92 Å². The molecule has 2 N–H and O–H groups in total. The van der Waals surface area contributed by atoms with Gasteiger partial charge in [0.2, 0.25) is 15.9 Å². The van der Waals surface area contributed by atoms with Crippen LogP contribution >= 0.6 is 11.3 Å². The summed E-state index contributed by atoms with van der Waals surface area (Å²) in [5.41, 5.74) is 0.587. The molecule has 0 spiro atoms. The van der Waals surface area contributed by atoms with Gasteiger partial charge in [-0.2, -0.15) is 4.72 Å². The predicted octanol–water partition coefficient (Wildman–Crippen LogP) is 3.51. The Labute approximate surface area is 189 Å². The zero-order valence-electron chi connectivity index (χ0n) is 17.5. The highest BCUT2D eigenvalue weighted by atomic mass is 32.2. The molecule has 0 saturated heterocycles. The molecule has 3 aromatic rings. The van der Waals surface area contributed by atoms with Gasteiger partial charge in [0.25, 0.3) is 0 Å². The Morgan fingerprint density at radius 1 is 1.16 bits per heavy atom. The number of hydrogen-bond donors (Lipinski definition) is 2. The maximum absolute atomic E-state index is 13.0. The van der Waals surface area contributed by atoms with Crippen LogP contribution in [0.1, 0.15) is 20.3 Å². The number of sulfonamides is 1. The number of hydrogen-bond acceptors (Lipinski definition) is 8. The second kappa shape index (κ2) is 9.31. The molecule has 1 atom stereocenters. The van der Waals surface area contributed by atoms with Crippen LogP contribution in [-0.4, -0.2) is 38.6 Å². The summed E-state index contributed by atoms with van der Waals surface area (Å²) in [6.07, 6.45) is 2.25. The van der Waals surface area contributed by atoms with E-state index in [1.165, 1.54) is 29.7 Å². The standard InChI is InChI=1S/C21H23N3O6S2/c1-13(2)19(20(25)23-21-22-15(12-31-21)16-5-3-8-28-16)24-32(26,27)14-6-7-17-18(11-14)30-10-4-9-29-17/h3,5-8,11-13,19,24H,4,9-10H2,1-2H3,(H,22,23,25). The van der Waals surface area contributed by atoms with E-state index < -0.39 is 22.0 Å². The zero-order chi connectivity index (χ0) is 22.7. The quantitative estimate of drug-likeness (QED) is 0.534. The van der Waals surface area contributed by atoms with Crippen LogP contribution in [-0.2, 0) is 14.8 Å². The van der Waals surface area contributed by atoms with Crippen LogP contribution in [0.2, 0.25) is 0 Å². The Kier molecular flexibility index (Phi) is 6.49. The Balaban J connectivity index is 1.50. The molecule has 3 heterocycles. The Bertz CT molecular complexity index is 1190. The summed E-state index contributed by atoms with van der Waals surface area (Å²) in [4.78, 5) is 17.2. The monoisotopic (exact) mass is 477 g/mol. The van der Waals surface area contributed by atoms with E-state index in [0.29, 0.717) is 47.7 Å². The van der Waals surface area contributed by atoms with Crippen molar-refractivity contribution in [1.82, 2.24) is 9.71 Å². The van der Waals surface area contributed by atoms with E-state index >= 15 is 0 Å². The molecule has 0 bridgehead atoms. The molecule has 4 rings (SSSR count). The zero-order valence-corrected chi connectivity index (χ0v) is 19.2. The van der Waals surface area contributed by atoms with E-state index in [-0.39, 0.29) is 10.8 Å². The molecule has 9 nitrogen and oxygen atoms in total. The van der Waals surface area contributed by atoms with Crippen LogP contribution in [0.5, 0.6) is 11.5 Å². The lowest BCUT2D eigenvalue weighted by atomic mass is 10.1. The summed E-state index contributed by atoms with van der Waals surface area (Å²) < 4.78 is 45.0. The van der Waals surface area contributed by atoms with Crippen LogP contribution in [0.4, 0.5) is 5.13 Å². The van der Waals surface area contributed by atoms with Gasteiger partial charge in [-0.05, 0) is 30.2 Å². The number of aromatic nitrogens is 1. The predicted molar refractivity (Wildman–Crippen MR) is 119 cm³/mol. The van der Waals surface area contributed by atoms with Gasteiger partial charge >= 0.3 is 0 Å². The van der Waals surface area contributed by atoms with E-state index in [9.17, 15) is 13.2 Å². The SMILES string of the molecule is CC(C)C(NS(=O)(=O)c1ccc2c(c1)OCCCO2)C(=O)Nc1nc(-c2ccco2)cs1. The van der Waals surface area contributed by atoms with Crippen molar-refractivity contribution in [1.29, 1.82) is 0 Å². The number of nitrogens with zero attached hydrogens (tertiary/aromatic N) is 1. The fourth-order valence-electron chi connectivity index (χ4n) is 3.09. The van der Waals surface area contributed by atoms with Crippen LogP contribution in [0.15, 0.2) is 51.3 Å². The molecule has 1 amide bonds. The van der Waals surface area contributed by atoms with Crippen molar-refractivity contribution >= 4 is 32.4 Å². The van der Waals surface area contributed by atoms with Crippen molar-refractivity contribution in [2.75, 3.05) is 18.5 Å². The first-order valence-electron chi connectivity index (χ1n) is 10.1. The van der Waals surface area contributed by atoms with Crippen molar-refractivity contribution in [3.8, 4) is 23.0 Å². The first-order valence-corrected chi connectivity index (χ1v) is 12.4. The van der Waals surface area contributed by atoms with Crippen LogP contribution in [0.25, 0.3) is 11.5 Å². The van der Waals surface area contributed by atoms with Crippen LogP contribution in [0, 0.1) is 5.92 Å². The minimum atomic E-state index is -4.00. The number of furan rings is 1. The Morgan fingerprint density at radius 2 is 1.94 bits per heavy atom.